The standard InChI is InChI=1S/C8H16.4C2H6/c1-4-7-8(5-2)6-3;4*1-2/h4,7-8H,5-6H2,1-3H3;4*1-2H3/b7-4+;;;;. The molecule has 0 aliphatic rings. The molecule has 0 aliphatic heterocycles. The molecule has 0 spiro atoms. The number of allylic oxidation sites excluding steroid dienone is 2. The van der Waals surface area contributed by atoms with Gasteiger partial charge in [-0.05, 0) is 25.7 Å². The van der Waals surface area contributed by atoms with Crippen molar-refractivity contribution in [2.45, 2.75) is 89.0 Å². The Morgan fingerprint density at radius 2 is 0.938 bits per heavy atom. The molecular formula is C16H40. The van der Waals surface area contributed by atoms with E-state index in [1.807, 2.05) is 55.4 Å². The van der Waals surface area contributed by atoms with Crippen molar-refractivity contribution < 1.29 is 0 Å². The summed E-state index contributed by atoms with van der Waals surface area (Å²) in [5.74, 6) is 0.819. The second-order valence-electron chi connectivity index (χ2n) is 2.10. The van der Waals surface area contributed by atoms with Crippen LogP contribution in [0.5, 0.6) is 0 Å². The van der Waals surface area contributed by atoms with Gasteiger partial charge in [0.05, 0.1) is 0 Å². The van der Waals surface area contributed by atoms with Crippen molar-refractivity contribution in [1.29, 1.82) is 0 Å². The largest absolute Gasteiger partial charge is 0.0914 e. The summed E-state index contributed by atoms with van der Waals surface area (Å²) in [5, 5.41) is 0. The molecule has 0 aliphatic carbocycles. The van der Waals surface area contributed by atoms with E-state index in [4.69, 9.17) is 0 Å². The molecule has 0 atom stereocenters. The van der Waals surface area contributed by atoms with Gasteiger partial charge in [0.25, 0.3) is 0 Å². The van der Waals surface area contributed by atoms with Gasteiger partial charge in [0.2, 0.25) is 0 Å². The lowest BCUT2D eigenvalue weighted by molar-refractivity contribution is 0.605. The molecule has 0 fully saturated rings. The molecule has 0 saturated heterocycles. The average Bonchev–Trinajstić information content (AvgIpc) is 2.45. The highest BCUT2D eigenvalue weighted by Crippen LogP contribution is 2.07. The van der Waals surface area contributed by atoms with Crippen LogP contribution in [0.15, 0.2) is 12.2 Å². The molecule has 16 heavy (non-hydrogen) atoms. The van der Waals surface area contributed by atoms with E-state index in [-0.39, 0.29) is 0 Å². The molecule has 0 aromatic rings. The molecule has 0 heterocycles. The van der Waals surface area contributed by atoms with E-state index in [9.17, 15) is 0 Å². The highest BCUT2D eigenvalue weighted by atomic mass is 14.0. The Balaban J connectivity index is -0.0000000426. The van der Waals surface area contributed by atoms with Crippen LogP contribution in [0, 0.1) is 5.92 Å². The van der Waals surface area contributed by atoms with Gasteiger partial charge in [0.15, 0.2) is 0 Å². The molecule has 0 N–H and O–H groups in total. The van der Waals surface area contributed by atoms with Crippen molar-refractivity contribution in [3.8, 4) is 0 Å². The zero-order chi connectivity index (χ0) is 14.4. The smallest absolute Gasteiger partial charge is 0.0239 e. The van der Waals surface area contributed by atoms with Gasteiger partial charge in [-0.3, -0.25) is 0 Å². The number of hydrogen-bond donors (Lipinski definition) is 0. The normalized spacial score (nSPS) is 7.25. The molecule has 104 valence electrons. The predicted molar refractivity (Wildman–Crippen MR) is 84.3 cm³/mol. The van der Waals surface area contributed by atoms with E-state index in [2.05, 4.69) is 32.9 Å². The lowest BCUT2D eigenvalue weighted by Gasteiger charge is -2.02. The van der Waals surface area contributed by atoms with Gasteiger partial charge < -0.3 is 0 Å². The first-order valence-electron chi connectivity index (χ1n) is 7.47. The molecule has 0 bridgehead atoms. The van der Waals surface area contributed by atoms with Gasteiger partial charge in [-0.2, -0.15) is 0 Å². The maximum Gasteiger partial charge on any atom is -0.0239 e. The summed E-state index contributed by atoms with van der Waals surface area (Å²) in [4.78, 5) is 0. The third-order valence-corrected chi connectivity index (χ3v) is 1.51. The summed E-state index contributed by atoms with van der Waals surface area (Å²) in [7, 11) is 0. The maximum atomic E-state index is 2.28. The van der Waals surface area contributed by atoms with Crippen LogP contribution in [-0.2, 0) is 0 Å². The minimum atomic E-state index is 0.819. The van der Waals surface area contributed by atoms with Crippen LogP contribution >= 0.6 is 0 Å². The van der Waals surface area contributed by atoms with Crippen LogP contribution in [0.2, 0.25) is 0 Å². The lowest BCUT2D eigenvalue weighted by Crippen LogP contribution is -1.88. The molecular weight excluding hydrogens is 192 g/mol. The monoisotopic (exact) mass is 232 g/mol. The van der Waals surface area contributed by atoms with E-state index < -0.39 is 0 Å². The van der Waals surface area contributed by atoms with Crippen LogP contribution in [0.3, 0.4) is 0 Å². The van der Waals surface area contributed by atoms with E-state index in [1.54, 1.807) is 0 Å². The SMILES string of the molecule is C/C=C/C(CC)CC.CC.CC.CC.CC. The number of hydrogen-bond acceptors (Lipinski definition) is 0. The van der Waals surface area contributed by atoms with Crippen LogP contribution in [0.25, 0.3) is 0 Å². The summed E-state index contributed by atoms with van der Waals surface area (Å²) >= 11 is 0. The Morgan fingerprint density at radius 1 is 0.688 bits per heavy atom. The number of rotatable bonds is 3. The fourth-order valence-corrected chi connectivity index (χ4v) is 0.833. The third-order valence-electron chi connectivity index (χ3n) is 1.51. The zero-order valence-corrected chi connectivity index (χ0v) is 14.1. The molecule has 0 saturated carbocycles. The molecule has 0 amide bonds. The molecule has 0 aromatic heterocycles. The van der Waals surface area contributed by atoms with Gasteiger partial charge in [-0.15, -0.1) is 0 Å². The minimum absolute atomic E-state index is 0.819. The van der Waals surface area contributed by atoms with Crippen molar-refractivity contribution in [3.63, 3.8) is 0 Å². The first kappa shape index (κ1) is 29.6. The van der Waals surface area contributed by atoms with Crippen molar-refractivity contribution >= 4 is 0 Å². The van der Waals surface area contributed by atoms with Crippen molar-refractivity contribution in [1.82, 2.24) is 0 Å². The van der Waals surface area contributed by atoms with Gasteiger partial charge in [0.1, 0.15) is 0 Å². The summed E-state index contributed by atoms with van der Waals surface area (Å²) in [5.41, 5.74) is 0. The van der Waals surface area contributed by atoms with Gasteiger partial charge in [-0.1, -0.05) is 81.4 Å². The Morgan fingerprint density at radius 3 is 1.00 bits per heavy atom. The van der Waals surface area contributed by atoms with Gasteiger partial charge in [0, 0.05) is 0 Å². The fourth-order valence-electron chi connectivity index (χ4n) is 0.833. The van der Waals surface area contributed by atoms with Crippen LogP contribution in [0.1, 0.15) is 89.0 Å². The van der Waals surface area contributed by atoms with Crippen LogP contribution in [0.4, 0.5) is 0 Å². The Labute approximate surface area is 108 Å². The Bertz CT molecular complexity index is 58.4. The topological polar surface area (TPSA) is 0 Å². The first-order valence-corrected chi connectivity index (χ1v) is 7.47. The quantitative estimate of drug-likeness (QED) is 0.455. The summed E-state index contributed by atoms with van der Waals surface area (Å²) < 4.78 is 0. The molecule has 0 nitrogen and oxygen atoms in total. The fraction of sp³-hybridized carbons (Fsp3) is 0.875. The molecule has 0 radical (unpaired) electrons. The van der Waals surface area contributed by atoms with Gasteiger partial charge in [-0.25, -0.2) is 0 Å². The second-order valence-corrected chi connectivity index (χ2v) is 2.10. The highest BCUT2D eigenvalue weighted by Gasteiger charge is 1.93. The Hall–Kier alpha value is -0.260. The van der Waals surface area contributed by atoms with Gasteiger partial charge >= 0.3 is 0 Å². The van der Waals surface area contributed by atoms with E-state index >= 15 is 0 Å². The van der Waals surface area contributed by atoms with E-state index in [0.717, 1.165) is 5.92 Å². The lowest BCUT2D eigenvalue weighted by atomic mass is 10.0. The highest BCUT2D eigenvalue weighted by molar-refractivity contribution is 4.83. The molecule has 0 aromatic carbocycles. The van der Waals surface area contributed by atoms with Crippen molar-refractivity contribution in [2.75, 3.05) is 0 Å². The summed E-state index contributed by atoms with van der Waals surface area (Å²) in [6, 6.07) is 0. The maximum absolute atomic E-state index is 2.28. The predicted octanol–water partition coefficient (Wildman–Crippen LogP) is 7.10. The van der Waals surface area contributed by atoms with Crippen molar-refractivity contribution in [3.05, 3.63) is 12.2 Å². The first-order chi connectivity index (χ1) is 7.85. The van der Waals surface area contributed by atoms with E-state index in [1.165, 1.54) is 12.8 Å². The van der Waals surface area contributed by atoms with Crippen LogP contribution in [-0.4, -0.2) is 0 Å². The minimum Gasteiger partial charge on any atom is -0.0914 e. The molecule has 0 unspecified atom stereocenters. The zero-order valence-electron chi connectivity index (χ0n) is 14.1. The summed E-state index contributed by atoms with van der Waals surface area (Å²) in [6.45, 7) is 22.5. The third kappa shape index (κ3) is 49.1. The van der Waals surface area contributed by atoms with Crippen molar-refractivity contribution in [2.24, 2.45) is 5.92 Å². The molecule has 0 rings (SSSR count). The average molecular weight is 232 g/mol. The Kier molecular flexibility index (Phi) is 114. The van der Waals surface area contributed by atoms with E-state index in [0.29, 0.717) is 0 Å². The second kappa shape index (κ2) is 61.3. The molecule has 0 heteroatoms. The summed E-state index contributed by atoms with van der Waals surface area (Å²) in [6.07, 6.45) is 6.97. The van der Waals surface area contributed by atoms with Crippen LogP contribution < -0.4 is 0 Å².